The van der Waals surface area contributed by atoms with Crippen LogP contribution in [0.3, 0.4) is 0 Å². The van der Waals surface area contributed by atoms with Crippen molar-refractivity contribution in [2.75, 3.05) is 26.2 Å². The Hall–Kier alpha value is -2.80. The average Bonchev–Trinajstić information content (AvgIpc) is 3.22. The Morgan fingerprint density at radius 3 is 2.07 bits per heavy atom. The summed E-state index contributed by atoms with van der Waals surface area (Å²) < 4.78 is 0. The molecule has 2 amide bonds. The highest BCUT2D eigenvalue weighted by Gasteiger charge is 2.25. The first kappa shape index (κ1) is 21.9. The normalized spacial score (nSPS) is 13.9. The molecule has 1 aromatic heterocycles. The van der Waals surface area contributed by atoms with Gasteiger partial charge in [-0.2, -0.15) is 0 Å². The van der Waals surface area contributed by atoms with Crippen LogP contribution in [0.2, 0.25) is 0 Å². The van der Waals surface area contributed by atoms with Gasteiger partial charge in [-0.1, -0.05) is 18.2 Å². The van der Waals surface area contributed by atoms with E-state index in [0.29, 0.717) is 36.6 Å². The Balaban J connectivity index is 1.37. The fraction of sp³-hybridized carbons (Fsp3) is 0.391. The molecule has 1 aliphatic heterocycles. The fourth-order valence-corrected chi connectivity index (χ4v) is 4.25. The van der Waals surface area contributed by atoms with E-state index in [1.165, 1.54) is 11.3 Å². The smallest absolute Gasteiger partial charge is 0.253 e. The van der Waals surface area contributed by atoms with Crippen molar-refractivity contribution in [3.63, 3.8) is 0 Å². The molecule has 0 N–H and O–H groups in total. The third kappa shape index (κ3) is 5.86. The van der Waals surface area contributed by atoms with E-state index in [4.69, 9.17) is 0 Å². The molecule has 0 atom stereocenters. The number of ketones is 2. The molecule has 0 bridgehead atoms. The summed E-state index contributed by atoms with van der Waals surface area (Å²) in [6.45, 7) is 3.86. The van der Waals surface area contributed by atoms with E-state index in [-0.39, 0.29) is 49.1 Å². The molecule has 1 aliphatic rings. The van der Waals surface area contributed by atoms with Crippen molar-refractivity contribution in [2.45, 2.75) is 32.6 Å². The van der Waals surface area contributed by atoms with E-state index in [1.54, 1.807) is 28.0 Å². The predicted molar refractivity (Wildman–Crippen MR) is 116 cm³/mol. The number of aryl methyl sites for hydroxylation is 1. The molecule has 30 heavy (non-hydrogen) atoms. The van der Waals surface area contributed by atoms with Gasteiger partial charge < -0.3 is 9.80 Å². The first-order valence-electron chi connectivity index (χ1n) is 10.2. The number of benzene rings is 1. The minimum atomic E-state index is -0.0737. The average molecular weight is 427 g/mol. The molecular formula is C23H26N2O4S. The fourth-order valence-electron chi connectivity index (χ4n) is 3.41. The molecule has 0 radical (unpaired) electrons. The van der Waals surface area contributed by atoms with E-state index in [2.05, 4.69) is 0 Å². The minimum Gasteiger partial charge on any atom is -0.339 e. The lowest BCUT2D eigenvalue weighted by atomic mass is 10.1. The van der Waals surface area contributed by atoms with Crippen molar-refractivity contribution in [1.82, 2.24) is 9.80 Å². The second-order valence-electron chi connectivity index (χ2n) is 7.41. The summed E-state index contributed by atoms with van der Waals surface area (Å²) in [5.41, 5.74) is 0.648. The lowest BCUT2D eigenvalue weighted by Crippen LogP contribution is -2.50. The molecule has 158 valence electrons. The number of rotatable bonds is 8. The number of amides is 2. The van der Waals surface area contributed by atoms with E-state index < -0.39 is 0 Å². The molecule has 0 spiro atoms. The molecule has 0 saturated carbocycles. The second kappa shape index (κ2) is 10.3. The van der Waals surface area contributed by atoms with Gasteiger partial charge in [0.15, 0.2) is 5.78 Å². The third-order valence-electron chi connectivity index (χ3n) is 5.20. The number of hydrogen-bond acceptors (Lipinski definition) is 5. The van der Waals surface area contributed by atoms with Gasteiger partial charge in [-0.3, -0.25) is 19.2 Å². The van der Waals surface area contributed by atoms with E-state index in [1.807, 2.05) is 31.2 Å². The van der Waals surface area contributed by atoms with Crippen molar-refractivity contribution in [3.8, 4) is 0 Å². The van der Waals surface area contributed by atoms with Gasteiger partial charge >= 0.3 is 0 Å². The first-order valence-corrected chi connectivity index (χ1v) is 11.0. The van der Waals surface area contributed by atoms with E-state index >= 15 is 0 Å². The number of thiophene rings is 1. The van der Waals surface area contributed by atoms with Crippen molar-refractivity contribution < 1.29 is 19.2 Å². The summed E-state index contributed by atoms with van der Waals surface area (Å²) in [5, 5.41) is 0. The zero-order valence-corrected chi connectivity index (χ0v) is 18.0. The lowest BCUT2D eigenvalue weighted by molar-refractivity contribution is -0.134. The van der Waals surface area contributed by atoms with E-state index in [0.717, 1.165) is 4.88 Å². The number of nitrogens with zero attached hydrogens (tertiary/aromatic N) is 2. The van der Waals surface area contributed by atoms with Gasteiger partial charge in [-0.25, -0.2) is 0 Å². The highest BCUT2D eigenvalue weighted by Crippen LogP contribution is 2.18. The summed E-state index contributed by atoms with van der Waals surface area (Å²) in [6, 6.07) is 12.8. The van der Waals surface area contributed by atoms with Crippen LogP contribution in [0.5, 0.6) is 0 Å². The highest BCUT2D eigenvalue weighted by molar-refractivity contribution is 7.14. The van der Waals surface area contributed by atoms with Gasteiger partial charge in [0.2, 0.25) is 5.91 Å². The molecule has 2 aromatic rings. The van der Waals surface area contributed by atoms with Crippen LogP contribution in [0, 0.1) is 6.92 Å². The van der Waals surface area contributed by atoms with Crippen molar-refractivity contribution >= 4 is 34.7 Å². The zero-order chi connectivity index (χ0) is 21.5. The second-order valence-corrected chi connectivity index (χ2v) is 8.70. The first-order chi connectivity index (χ1) is 14.4. The monoisotopic (exact) mass is 426 g/mol. The third-order valence-corrected chi connectivity index (χ3v) is 6.25. The van der Waals surface area contributed by atoms with Crippen LogP contribution in [0.15, 0.2) is 42.5 Å². The Morgan fingerprint density at radius 2 is 1.43 bits per heavy atom. The van der Waals surface area contributed by atoms with Crippen LogP contribution in [-0.2, 0) is 9.59 Å². The minimum absolute atomic E-state index is 0.0213. The Labute approximate surface area is 180 Å². The van der Waals surface area contributed by atoms with Gasteiger partial charge in [-0.15, -0.1) is 11.3 Å². The van der Waals surface area contributed by atoms with Crippen molar-refractivity contribution in [1.29, 1.82) is 0 Å². The van der Waals surface area contributed by atoms with Crippen LogP contribution in [-0.4, -0.2) is 59.4 Å². The van der Waals surface area contributed by atoms with Crippen LogP contribution in [0.25, 0.3) is 0 Å². The molecule has 6 nitrogen and oxygen atoms in total. The Bertz CT molecular complexity index is 914. The van der Waals surface area contributed by atoms with Gasteiger partial charge in [0.25, 0.3) is 5.91 Å². The van der Waals surface area contributed by atoms with Crippen molar-refractivity contribution in [2.24, 2.45) is 0 Å². The highest BCUT2D eigenvalue weighted by atomic mass is 32.1. The van der Waals surface area contributed by atoms with E-state index in [9.17, 15) is 19.2 Å². The Morgan fingerprint density at radius 1 is 0.800 bits per heavy atom. The lowest BCUT2D eigenvalue weighted by Gasteiger charge is -2.34. The molecular weight excluding hydrogens is 400 g/mol. The zero-order valence-electron chi connectivity index (χ0n) is 17.1. The molecule has 1 fully saturated rings. The topological polar surface area (TPSA) is 74.8 Å². The molecule has 0 unspecified atom stereocenters. The number of Topliss-reactive ketones (excluding diaryl/α,β-unsaturated/α-hetero) is 2. The maximum absolute atomic E-state index is 12.5. The molecule has 3 rings (SSSR count). The maximum Gasteiger partial charge on any atom is 0.253 e. The van der Waals surface area contributed by atoms with Crippen LogP contribution < -0.4 is 0 Å². The largest absolute Gasteiger partial charge is 0.339 e. The predicted octanol–water partition coefficient (Wildman–Crippen LogP) is 3.35. The number of hydrogen-bond donors (Lipinski definition) is 0. The molecule has 1 aromatic carbocycles. The summed E-state index contributed by atoms with van der Waals surface area (Å²) in [4.78, 5) is 54.3. The molecule has 1 saturated heterocycles. The van der Waals surface area contributed by atoms with Crippen molar-refractivity contribution in [3.05, 3.63) is 57.8 Å². The summed E-state index contributed by atoms with van der Waals surface area (Å²) in [5.74, 6) is -0.186. The standard InChI is InChI=1S/C23H26N2O4S/c1-17-7-11-21(30-17)20(27)10-8-19(26)9-12-22(28)24-13-15-25(16-14-24)23(29)18-5-3-2-4-6-18/h2-7,11H,8-10,12-16H2,1H3. The van der Waals surface area contributed by atoms with Gasteiger partial charge in [-0.05, 0) is 31.2 Å². The van der Waals surface area contributed by atoms with Crippen LogP contribution >= 0.6 is 11.3 Å². The quantitative estimate of drug-likeness (QED) is 0.607. The summed E-state index contributed by atoms with van der Waals surface area (Å²) in [6.07, 6.45) is 0.659. The van der Waals surface area contributed by atoms with Crippen LogP contribution in [0.1, 0.15) is 50.6 Å². The van der Waals surface area contributed by atoms with Gasteiger partial charge in [0.1, 0.15) is 5.78 Å². The van der Waals surface area contributed by atoms with Crippen LogP contribution in [0.4, 0.5) is 0 Å². The summed E-state index contributed by atoms with van der Waals surface area (Å²) in [7, 11) is 0. The summed E-state index contributed by atoms with van der Waals surface area (Å²) >= 11 is 1.44. The molecule has 7 heteroatoms. The number of piperazine rings is 1. The van der Waals surface area contributed by atoms with Gasteiger partial charge in [0, 0.05) is 62.3 Å². The SMILES string of the molecule is Cc1ccc(C(=O)CCC(=O)CCC(=O)N2CCN(C(=O)c3ccccc3)CC2)s1. The Kier molecular flexibility index (Phi) is 7.52. The molecule has 2 heterocycles. The number of carbonyl (C=O) groups is 4. The maximum atomic E-state index is 12.5. The molecule has 0 aliphatic carbocycles. The van der Waals surface area contributed by atoms with Gasteiger partial charge in [0.05, 0.1) is 4.88 Å². The number of carbonyl (C=O) groups excluding carboxylic acids is 4.